The molecule has 1 aliphatic rings. The monoisotopic (exact) mass is 590 g/mol. The van der Waals surface area contributed by atoms with E-state index >= 15 is 0 Å². The molecule has 6 nitrogen and oxygen atoms in total. The van der Waals surface area contributed by atoms with Gasteiger partial charge < -0.3 is 4.74 Å². The predicted octanol–water partition coefficient (Wildman–Crippen LogP) is 5.74. The van der Waals surface area contributed by atoms with Crippen LogP contribution in [-0.2, 0) is 16.2 Å². The van der Waals surface area contributed by atoms with Crippen molar-refractivity contribution < 1.29 is 27.9 Å². The first-order valence-corrected chi connectivity index (χ1v) is 11.3. The van der Waals surface area contributed by atoms with E-state index in [-0.39, 0.29) is 23.7 Å². The number of rotatable bonds is 5. The SMILES string of the molecule is O=C1NC(=O)N(c2ccc(F)cc2)C(=O)/C1=C/c1cc(Br)c(OCc2cccc(F)c2)c(Br)c1. The summed E-state index contributed by atoms with van der Waals surface area (Å²) in [5.74, 6) is -2.17. The molecule has 0 unspecified atom stereocenters. The topological polar surface area (TPSA) is 75.7 Å². The fraction of sp³-hybridized carbons (Fsp3) is 0.0417. The fourth-order valence-electron chi connectivity index (χ4n) is 3.23. The van der Waals surface area contributed by atoms with Crippen molar-refractivity contribution in [2.75, 3.05) is 4.90 Å². The van der Waals surface area contributed by atoms with Gasteiger partial charge in [0.1, 0.15) is 29.6 Å². The molecule has 3 aromatic carbocycles. The highest BCUT2D eigenvalue weighted by atomic mass is 79.9. The van der Waals surface area contributed by atoms with E-state index in [9.17, 15) is 23.2 Å². The number of urea groups is 1. The lowest BCUT2D eigenvalue weighted by molar-refractivity contribution is -0.122. The van der Waals surface area contributed by atoms with E-state index in [1.54, 1.807) is 24.3 Å². The smallest absolute Gasteiger partial charge is 0.335 e. The number of hydrogen-bond donors (Lipinski definition) is 1. The molecule has 1 aliphatic heterocycles. The zero-order chi connectivity index (χ0) is 24.4. The van der Waals surface area contributed by atoms with Crippen LogP contribution in [0, 0.1) is 11.6 Å². The molecule has 0 spiro atoms. The summed E-state index contributed by atoms with van der Waals surface area (Å²) in [5.41, 5.74) is 0.936. The van der Waals surface area contributed by atoms with E-state index in [0.29, 0.717) is 25.8 Å². The fourth-order valence-corrected chi connectivity index (χ4v) is 4.68. The Bertz CT molecular complexity index is 1320. The molecule has 0 atom stereocenters. The van der Waals surface area contributed by atoms with Gasteiger partial charge in [-0.25, -0.2) is 18.5 Å². The molecule has 0 aliphatic carbocycles. The maximum absolute atomic E-state index is 13.4. The zero-order valence-corrected chi connectivity index (χ0v) is 20.3. The molecule has 0 saturated carbocycles. The molecule has 1 saturated heterocycles. The van der Waals surface area contributed by atoms with Crippen molar-refractivity contribution in [3.05, 3.63) is 97.9 Å². The van der Waals surface area contributed by atoms with Gasteiger partial charge in [-0.05, 0) is 97.6 Å². The van der Waals surface area contributed by atoms with Crippen molar-refractivity contribution in [1.82, 2.24) is 5.32 Å². The number of nitrogens with zero attached hydrogens (tertiary/aromatic N) is 1. The lowest BCUT2D eigenvalue weighted by Crippen LogP contribution is -2.54. The molecule has 0 bridgehead atoms. The summed E-state index contributed by atoms with van der Waals surface area (Å²) >= 11 is 6.80. The number of nitrogens with one attached hydrogen (secondary N) is 1. The van der Waals surface area contributed by atoms with Crippen LogP contribution in [-0.4, -0.2) is 17.8 Å². The molecule has 172 valence electrons. The van der Waals surface area contributed by atoms with Crippen LogP contribution < -0.4 is 15.0 Å². The molecule has 4 rings (SSSR count). The van der Waals surface area contributed by atoms with E-state index < -0.39 is 23.7 Å². The highest BCUT2D eigenvalue weighted by Crippen LogP contribution is 2.36. The average molecular weight is 592 g/mol. The van der Waals surface area contributed by atoms with Crippen molar-refractivity contribution in [1.29, 1.82) is 0 Å². The van der Waals surface area contributed by atoms with E-state index in [1.807, 2.05) is 0 Å². The van der Waals surface area contributed by atoms with Crippen molar-refractivity contribution in [3.8, 4) is 5.75 Å². The number of carbonyl (C=O) groups is 3. The third-order valence-corrected chi connectivity index (χ3v) is 5.97. The van der Waals surface area contributed by atoms with Crippen LogP contribution in [0.4, 0.5) is 19.3 Å². The molecular formula is C24H14Br2F2N2O4. The number of imide groups is 2. The number of barbiturate groups is 1. The standard InChI is InChI=1S/C24H14Br2F2N2O4/c25-19-10-14(11-20(26)21(19)34-12-13-2-1-3-16(28)8-13)9-18-22(31)29-24(33)30(23(18)32)17-6-4-15(27)5-7-17/h1-11H,12H2,(H,29,31,33)/b18-9+. The van der Waals surface area contributed by atoms with E-state index in [4.69, 9.17) is 4.74 Å². The highest BCUT2D eigenvalue weighted by molar-refractivity contribution is 9.11. The normalized spacial score (nSPS) is 15.0. The molecule has 0 aromatic heterocycles. The van der Waals surface area contributed by atoms with Gasteiger partial charge in [-0.1, -0.05) is 12.1 Å². The Morgan fingerprint density at radius 1 is 0.912 bits per heavy atom. The molecule has 0 radical (unpaired) electrons. The van der Waals surface area contributed by atoms with Crippen molar-refractivity contribution in [2.24, 2.45) is 0 Å². The quantitative estimate of drug-likeness (QED) is 0.303. The lowest BCUT2D eigenvalue weighted by Gasteiger charge is -2.26. The van der Waals surface area contributed by atoms with Crippen LogP contribution in [0.1, 0.15) is 11.1 Å². The Hall–Kier alpha value is -3.37. The summed E-state index contributed by atoms with van der Waals surface area (Å²) in [4.78, 5) is 38.4. The highest BCUT2D eigenvalue weighted by Gasteiger charge is 2.36. The van der Waals surface area contributed by atoms with Crippen LogP contribution in [0.15, 0.2) is 75.2 Å². The molecule has 1 N–H and O–H groups in total. The van der Waals surface area contributed by atoms with Gasteiger partial charge in [-0.3, -0.25) is 14.9 Å². The number of hydrogen-bond acceptors (Lipinski definition) is 4. The number of halogens is 4. The predicted molar refractivity (Wildman–Crippen MR) is 128 cm³/mol. The number of anilines is 1. The summed E-state index contributed by atoms with van der Waals surface area (Å²) in [6, 6.07) is 13.1. The second kappa shape index (κ2) is 9.86. The summed E-state index contributed by atoms with van der Waals surface area (Å²) < 4.78 is 33.4. The van der Waals surface area contributed by atoms with Gasteiger partial charge in [0.25, 0.3) is 11.8 Å². The van der Waals surface area contributed by atoms with Gasteiger partial charge in [0.2, 0.25) is 0 Å². The first-order valence-electron chi connectivity index (χ1n) is 9.76. The minimum atomic E-state index is -0.929. The number of ether oxygens (including phenoxy) is 1. The van der Waals surface area contributed by atoms with E-state index in [1.165, 1.54) is 30.3 Å². The zero-order valence-electron chi connectivity index (χ0n) is 17.2. The van der Waals surface area contributed by atoms with Crippen LogP contribution in [0.2, 0.25) is 0 Å². The van der Waals surface area contributed by atoms with Crippen molar-refractivity contribution >= 4 is 61.5 Å². The Kier molecular flexibility index (Phi) is 6.90. The van der Waals surface area contributed by atoms with Crippen LogP contribution in [0.3, 0.4) is 0 Å². The largest absolute Gasteiger partial charge is 0.487 e. The first kappa shape index (κ1) is 23.8. The summed E-state index contributed by atoms with van der Waals surface area (Å²) in [6.07, 6.45) is 1.33. The molecular weight excluding hydrogens is 578 g/mol. The van der Waals surface area contributed by atoms with Gasteiger partial charge in [-0.15, -0.1) is 0 Å². The summed E-state index contributed by atoms with van der Waals surface area (Å²) in [5, 5.41) is 2.11. The van der Waals surface area contributed by atoms with Crippen LogP contribution >= 0.6 is 31.9 Å². The lowest BCUT2D eigenvalue weighted by atomic mass is 10.1. The van der Waals surface area contributed by atoms with Crippen molar-refractivity contribution in [3.63, 3.8) is 0 Å². The Morgan fingerprint density at radius 2 is 1.59 bits per heavy atom. The maximum atomic E-state index is 13.4. The summed E-state index contributed by atoms with van der Waals surface area (Å²) in [7, 11) is 0. The minimum Gasteiger partial charge on any atom is -0.487 e. The Balaban J connectivity index is 1.60. The third-order valence-electron chi connectivity index (χ3n) is 4.79. The Labute approximate surface area is 209 Å². The molecule has 34 heavy (non-hydrogen) atoms. The molecule has 1 heterocycles. The van der Waals surface area contributed by atoms with Gasteiger partial charge in [0.15, 0.2) is 0 Å². The Morgan fingerprint density at radius 3 is 2.24 bits per heavy atom. The second-order valence-electron chi connectivity index (χ2n) is 7.17. The number of amides is 4. The maximum Gasteiger partial charge on any atom is 0.335 e. The number of benzene rings is 3. The van der Waals surface area contributed by atoms with E-state index in [2.05, 4.69) is 37.2 Å². The molecule has 1 fully saturated rings. The average Bonchev–Trinajstić information content (AvgIpc) is 2.77. The molecule has 4 amide bonds. The number of carbonyl (C=O) groups excluding carboxylic acids is 3. The minimum absolute atomic E-state index is 0.116. The van der Waals surface area contributed by atoms with E-state index in [0.717, 1.165) is 17.0 Å². The van der Waals surface area contributed by atoms with Gasteiger partial charge in [0, 0.05) is 0 Å². The van der Waals surface area contributed by atoms with Crippen molar-refractivity contribution in [2.45, 2.75) is 6.61 Å². The third kappa shape index (κ3) is 5.07. The van der Waals surface area contributed by atoms with Crippen LogP contribution in [0.25, 0.3) is 6.08 Å². The van der Waals surface area contributed by atoms with Gasteiger partial charge in [0.05, 0.1) is 14.6 Å². The van der Waals surface area contributed by atoms with Gasteiger partial charge in [-0.2, -0.15) is 0 Å². The first-order chi connectivity index (χ1) is 16.2. The molecule has 3 aromatic rings. The van der Waals surface area contributed by atoms with Crippen LogP contribution in [0.5, 0.6) is 5.75 Å². The second-order valence-corrected chi connectivity index (χ2v) is 8.88. The molecule has 10 heteroatoms. The van der Waals surface area contributed by atoms with Gasteiger partial charge >= 0.3 is 6.03 Å². The summed E-state index contributed by atoms with van der Waals surface area (Å²) in [6.45, 7) is 0.116.